The van der Waals surface area contributed by atoms with Crippen molar-refractivity contribution in [2.75, 3.05) is 0 Å². The SMILES string of the molecule is Cc1cc2[nH]c(C(=O)n3nc(C)c(C)c3C)cc2o1. The van der Waals surface area contributed by atoms with Crippen LogP contribution in [-0.4, -0.2) is 20.7 Å². The molecule has 1 N–H and O–H groups in total. The number of hydrogen-bond acceptors (Lipinski definition) is 3. The minimum atomic E-state index is -0.169. The summed E-state index contributed by atoms with van der Waals surface area (Å²) in [6.07, 6.45) is 0. The lowest BCUT2D eigenvalue weighted by Crippen LogP contribution is -2.15. The van der Waals surface area contributed by atoms with Gasteiger partial charge in [0.2, 0.25) is 0 Å². The zero-order chi connectivity index (χ0) is 13.7. The Morgan fingerprint density at radius 3 is 2.58 bits per heavy atom. The highest BCUT2D eigenvalue weighted by atomic mass is 16.3. The fourth-order valence-electron chi connectivity index (χ4n) is 2.20. The van der Waals surface area contributed by atoms with E-state index in [2.05, 4.69) is 10.1 Å². The van der Waals surface area contributed by atoms with E-state index in [1.807, 2.05) is 33.8 Å². The van der Waals surface area contributed by atoms with Gasteiger partial charge < -0.3 is 9.40 Å². The number of aromatic amines is 1. The first-order valence-electron chi connectivity index (χ1n) is 6.14. The van der Waals surface area contributed by atoms with E-state index in [-0.39, 0.29) is 5.91 Å². The van der Waals surface area contributed by atoms with E-state index < -0.39 is 0 Å². The van der Waals surface area contributed by atoms with Gasteiger partial charge >= 0.3 is 0 Å². The summed E-state index contributed by atoms with van der Waals surface area (Å²) in [5.41, 5.74) is 4.79. The van der Waals surface area contributed by atoms with Crippen LogP contribution in [0.4, 0.5) is 0 Å². The van der Waals surface area contributed by atoms with Crippen LogP contribution in [0.3, 0.4) is 0 Å². The molecule has 5 heteroatoms. The summed E-state index contributed by atoms with van der Waals surface area (Å²) >= 11 is 0. The number of carbonyl (C=O) groups excluding carboxylic acids is 1. The number of rotatable bonds is 1. The first-order chi connectivity index (χ1) is 8.97. The largest absolute Gasteiger partial charge is 0.460 e. The number of furan rings is 1. The standard InChI is InChI=1S/C14H15N3O2/c1-7-5-11-13(19-7)6-12(15-11)14(18)17-10(4)8(2)9(3)16-17/h5-6,15H,1-4H3. The minimum Gasteiger partial charge on any atom is -0.460 e. The van der Waals surface area contributed by atoms with Gasteiger partial charge in [-0.3, -0.25) is 4.79 Å². The van der Waals surface area contributed by atoms with Crippen LogP contribution in [0.2, 0.25) is 0 Å². The number of carbonyl (C=O) groups is 1. The van der Waals surface area contributed by atoms with Gasteiger partial charge in [-0.15, -0.1) is 0 Å². The molecule has 0 aromatic carbocycles. The monoisotopic (exact) mass is 257 g/mol. The third-order valence-corrected chi connectivity index (χ3v) is 3.50. The van der Waals surface area contributed by atoms with Crippen molar-refractivity contribution in [3.8, 4) is 0 Å². The molecule has 0 aliphatic carbocycles. The topological polar surface area (TPSA) is 63.8 Å². The van der Waals surface area contributed by atoms with Gasteiger partial charge in [-0.1, -0.05) is 0 Å². The quantitative estimate of drug-likeness (QED) is 0.729. The second-order valence-electron chi connectivity index (χ2n) is 4.83. The average molecular weight is 257 g/mol. The average Bonchev–Trinajstić information content (AvgIpc) is 2.96. The zero-order valence-corrected chi connectivity index (χ0v) is 11.4. The summed E-state index contributed by atoms with van der Waals surface area (Å²) in [4.78, 5) is 15.5. The highest BCUT2D eigenvalue weighted by molar-refractivity contribution is 5.98. The van der Waals surface area contributed by atoms with Gasteiger partial charge in [-0.05, 0) is 33.3 Å². The maximum atomic E-state index is 12.4. The van der Waals surface area contributed by atoms with E-state index in [1.54, 1.807) is 6.07 Å². The molecule has 0 fully saturated rings. The molecule has 5 nitrogen and oxygen atoms in total. The Kier molecular flexibility index (Phi) is 2.38. The second kappa shape index (κ2) is 3.85. The van der Waals surface area contributed by atoms with E-state index in [4.69, 9.17) is 4.42 Å². The van der Waals surface area contributed by atoms with E-state index in [0.29, 0.717) is 11.3 Å². The van der Waals surface area contributed by atoms with Crippen molar-refractivity contribution in [1.29, 1.82) is 0 Å². The molecular formula is C14H15N3O2. The molecule has 0 radical (unpaired) electrons. The zero-order valence-electron chi connectivity index (χ0n) is 11.4. The molecule has 19 heavy (non-hydrogen) atoms. The van der Waals surface area contributed by atoms with Crippen molar-refractivity contribution in [2.45, 2.75) is 27.7 Å². The van der Waals surface area contributed by atoms with Gasteiger partial charge in [0.25, 0.3) is 5.91 Å². The third kappa shape index (κ3) is 1.69. The van der Waals surface area contributed by atoms with E-state index >= 15 is 0 Å². The van der Waals surface area contributed by atoms with E-state index in [9.17, 15) is 4.79 Å². The van der Waals surface area contributed by atoms with Crippen molar-refractivity contribution >= 4 is 17.0 Å². The lowest BCUT2D eigenvalue weighted by molar-refractivity contribution is 0.0938. The van der Waals surface area contributed by atoms with Gasteiger partial charge in [0.05, 0.1) is 11.2 Å². The Hall–Kier alpha value is -2.30. The third-order valence-electron chi connectivity index (χ3n) is 3.50. The van der Waals surface area contributed by atoms with Gasteiger partial charge in [-0.2, -0.15) is 9.78 Å². The smallest absolute Gasteiger partial charge is 0.294 e. The molecule has 0 aliphatic heterocycles. The Bertz CT molecular complexity index is 758. The molecule has 3 aromatic rings. The number of aromatic nitrogens is 3. The Labute approximate surface area is 110 Å². The lowest BCUT2D eigenvalue weighted by Gasteiger charge is -2.00. The molecular weight excluding hydrogens is 242 g/mol. The molecule has 0 bridgehead atoms. The summed E-state index contributed by atoms with van der Waals surface area (Å²) in [5, 5.41) is 4.27. The molecule has 3 aromatic heterocycles. The first-order valence-corrected chi connectivity index (χ1v) is 6.14. The second-order valence-corrected chi connectivity index (χ2v) is 4.83. The van der Waals surface area contributed by atoms with Crippen molar-refractivity contribution in [2.24, 2.45) is 0 Å². The molecule has 0 aliphatic rings. The normalized spacial score (nSPS) is 11.4. The van der Waals surface area contributed by atoms with Crippen LogP contribution in [0.15, 0.2) is 16.5 Å². The summed E-state index contributed by atoms with van der Waals surface area (Å²) in [7, 11) is 0. The van der Waals surface area contributed by atoms with Crippen molar-refractivity contribution in [3.63, 3.8) is 0 Å². The lowest BCUT2D eigenvalue weighted by atomic mass is 10.2. The molecule has 0 amide bonds. The van der Waals surface area contributed by atoms with Crippen LogP contribution in [-0.2, 0) is 0 Å². The highest BCUT2D eigenvalue weighted by Gasteiger charge is 2.18. The van der Waals surface area contributed by atoms with Crippen molar-refractivity contribution < 1.29 is 9.21 Å². The fraction of sp³-hybridized carbons (Fsp3) is 0.286. The van der Waals surface area contributed by atoms with Gasteiger partial charge in [0.15, 0.2) is 5.58 Å². The van der Waals surface area contributed by atoms with Crippen LogP contribution in [0.1, 0.15) is 33.2 Å². The highest BCUT2D eigenvalue weighted by Crippen LogP contribution is 2.21. The molecule has 3 rings (SSSR count). The summed E-state index contributed by atoms with van der Waals surface area (Å²) in [5.74, 6) is 0.653. The maximum absolute atomic E-state index is 12.4. The van der Waals surface area contributed by atoms with Gasteiger partial charge in [0.1, 0.15) is 11.5 Å². The Balaban J connectivity index is 2.07. The van der Waals surface area contributed by atoms with Gasteiger partial charge in [0, 0.05) is 17.8 Å². The molecule has 0 saturated heterocycles. The Morgan fingerprint density at radius 2 is 2.00 bits per heavy atom. The number of fused-ring (bicyclic) bond motifs is 1. The molecule has 0 saturated carbocycles. The minimum absolute atomic E-state index is 0.169. The molecule has 0 unspecified atom stereocenters. The number of hydrogen-bond donors (Lipinski definition) is 1. The van der Waals surface area contributed by atoms with Crippen molar-refractivity contribution in [1.82, 2.24) is 14.8 Å². The van der Waals surface area contributed by atoms with Crippen LogP contribution < -0.4 is 0 Å². The number of aryl methyl sites for hydroxylation is 2. The van der Waals surface area contributed by atoms with Crippen LogP contribution in [0.25, 0.3) is 11.1 Å². The maximum Gasteiger partial charge on any atom is 0.294 e. The van der Waals surface area contributed by atoms with Crippen molar-refractivity contribution in [3.05, 3.63) is 40.5 Å². The predicted octanol–water partition coefficient (Wildman–Crippen LogP) is 2.88. The summed E-state index contributed by atoms with van der Waals surface area (Å²) in [6, 6.07) is 3.59. The number of nitrogens with one attached hydrogen (secondary N) is 1. The fourth-order valence-corrected chi connectivity index (χ4v) is 2.20. The first kappa shape index (κ1) is 11.8. The van der Waals surface area contributed by atoms with Crippen LogP contribution >= 0.6 is 0 Å². The predicted molar refractivity (Wildman–Crippen MR) is 71.5 cm³/mol. The summed E-state index contributed by atoms with van der Waals surface area (Å²) in [6.45, 7) is 7.63. The molecule has 3 heterocycles. The van der Waals surface area contributed by atoms with E-state index in [0.717, 1.165) is 28.2 Å². The summed E-state index contributed by atoms with van der Waals surface area (Å²) < 4.78 is 6.91. The van der Waals surface area contributed by atoms with Crippen LogP contribution in [0, 0.1) is 27.7 Å². The van der Waals surface area contributed by atoms with Gasteiger partial charge in [-0.25, -0.2) is 0 Å². The molecule has 0 atom stereocenters. The molecule has 98 valence electrons. The van der Waals surface area contributed by atoms with Crippen LogP contribution in [0.5, 0.6) is 0 Å². The Morgan fingerprint density at radius 1 is 1.26 bits per heavy atom. The number of H-pyrrole nitrogens is 1. The van der Waals surface area contributed by atoms with E-state index in [1.165, 1.54) is 4.68 Å². The number of nitrogens with zero attached hydrogens (tertiary/aromatic N) is 2. The molecule has 0 spiro atoms.